The number of rotatable bonds is 4. The molecule has 0 bridgehead atoms. The summed E-state index contributed by atoms with van der Waals surface area (Å²) in [6.45, 7) is 2.15. The summed E-state index contributed by atoms with van der Waals surface area (Å²) < 4.78 is 1.26. The van der Waals surface area contributed by atoms with Crippen LogP contribution in [-0.2, 0) is 0 Å². The first-order valence-corrected chi connectivity index (χ1v) is 11.9. The Bertz CT molecular complexity index is 852. The fourth-order valence-electron chi connectivity index (χ4n) is 3.30. The minimum atomic E-state index is -1.95. The van der Waals surface area contributed by atoms with Crippen molar-refractivity contribution < 1.29 is 0 Å². The summed E-state index contributed by atoms with van der Waals surface area (Å²) in [5.41, 5.74) is 1.26. The van der Waals surface area contributed by atoms with Crippen LogP contribution in [0.2, 0.25) is 0 Å². The van der Waals surface area contributed by atoms with Crippen molar-refractivity contribution in [2.45, 2.75) is 6.92 Å². The van der Waals surface area contributed by atoms with Crippen LogP contribution in [0.3, 0.4) is 0 Å². The summed E-state index contributed by atoms with van der Waals surface area (Å²) in [7, 11) is -1.95. The van der Waals surface area contributed by atoms with Crippen molar-refractivity contribution in [3.63, 3.8) is 0 Å². The van der Waals surface area contributed by atoms with E-state index in [1.165, 1.54) is 25.9 Å². The summed E-state index contributed by atoms with van der Waals surface area (Å²) in [6.07, 6.45) is 0. The predicted molar refractivity (Wildman–Crippen MR) is 111 cm³/mol. The van der Waals surface area contributed by atoms with Gasteiger partial charge in [0.05, 0.1) is 0 Å². The van der Waals surface area contributed by atoms with Gasteiger partial charge in [-0.3, -0.25) is 0 Å². The van der Waals surface area contributed by atoms with Gasteiger partial charge in [0, 0.05) is 0 Å². The molecular weight excluding hydrogens is 388 g/mol. The van der Waals surface area contributed by atoms with E-state index in [0.717, 1.165) is 0 Å². The van der Waals surface area contributed by atoms with E-state index >= 15 is 0 Å². The molecule has 122 valence electrons. The first-order chi connectivity index (χ1) is 12.3. The van der Waals surface area contributed by atoms with Gasteiger partial charge in [0.25, 0.3) is 0 Å². The molecule has 0 spiro atoms. The van der Waals surface area contributed by atoms with E-state index in [4.69, 9.17) is 4.98 Å². The first-order valence-electron chi connectivity index (χ1n) is 8.30. The van der Waals surface area contributed by atoms with Gasteiger partial charge in [0.1, 0.15) is 0 Å². The average molecular weight is 407 g/mol. The van der Waals surface area contributed by atoms with Gasteiger partial charge in [-0.1, -0.05) is 0 Å². The van der Waals surface area contributed by atoms with Crippen molar-refractivity contribution in [2.75, 3.05) is 0 Å². The third-order valence-electron chi connectivity index (χ3n) is 4.38. The molecule has 0 aliphatic rings. The topological polar surface area (TPSA) is 12.9 Å². The Hall–Kier alpha value is -1.98. The molecule has 0 saturated heterocycles. The van der Waals surface area contributed by atoms with Crippen LogP contribution in [0.4, 0.5) is 0 Å². The van der Waals surface area contributed by atoms with E-state index in [9.17, 15) is 0 Å². The van der Waals surface area contributed by atoms with Gasteiger partial charge < -0.3 is 0 Å². The molecule has 4 rings (SSSR count). The predicted octanol–water partition coefficient (Wildman–Crippen LogP) is 3.07. The molecule has 1 nitrogen and oxygen atoms in total. The third kappa shape index (κ3) is 2.92. The van der Waals surface area contributed by atoms with E-state index in [-0.39, 0.29) is 0 Å². The molecule has 1 heterocycles. The SMILES string of the molecule is Cc1nc([P+](c2ccccc2)(c2ccccc2)c2ccccc2)c[se]1. The molecule has 0 N–H and O–H groups in total. The Kier molecular flexibility index (Phi) is 4.68. The molecule has 0 aliphatic heterocycles. The molecule has 4 aromatic rings. The average Bonchev–Trinajstić information content (AvgIpc) is 3.12. The van der Waals surface area contributed by atoms with E-state index < -0.39 is 7.26 Å². The zero-order valence-electron chi connectivity index (χ0n) is 14.0. The number of aromatic nitrogens is 1. The van der Waals surface area contributed by atoms with E-state index in [2.05, 4.69) is 103 Å². The van der Waals surface area contributed by atoms with Gasteiger partial charge in [-0.2, -0.15) is 0 Å². The Labute approximate surface area is 155 Å². The van der Waals surface area contributed by atoms with Crippen molar-refractivity contribution in [3.8, 4) is 0 Å². The molecule has 25 heavy (non-hydrogen) atoms. The zero-order valence-corrected chi connectivity index (χ0v) is 16.6. The Balaban J connectivity index is 2.12. The fraction of sp³-hybridized carbons (Fsp3) is 0.0455. The molecule has 0 aliphatic carbocycles. The molecule has 0 radical (unpaired) electrons. The van der Waals surface area contributed by atoms with E-state index in [1.807, 2.05) is 0 Å². The van der Waals surface area contributed by atoms with Crippen molar-refractivity contribution >= 4 is 43.1 Å². The summed E-state index contributed by atoms with van der Waals surface area (Å²) in [6, 6.07) is 32.8. The number of aryl methyl sites for hydroxylation is 1. The summed E-state index contributed by atoms with van der Waals surface area (Å²) in [5.74, 6) is 0. The molecular formula is C22H19NPSe+. The number of hydrogen-bond donors (Lipinski definition) is 0. The molecule has 3 heteroatoms. The van der Waals surface area contributed by atoms with Crippen LogP contribution < -0.4 is 21.3 Å². The summed E-state index contributed by atoms with van der Waals surface area (Å²) >= 11 is 0.360. The second-order valence-electron chi connectivity index (χ2n) is 5.90. The zero-order chi connectivity index (χ0) is 17.1. The van der Waals surface area contributed by atoms with Crippen LogP contribution in [0.15, 0.2) is 95.9 Å². The second-order valence-corrected chi connectivity index (χ2v) is 11.5. The van der Waals surface area contributed by atoms with Crippen molar-refractivity contribution in [2.24, 2.45) is 0 Å². The Morgan fingerprint density at radius 1 is 0.640 bits per heavy atom. The van der Waals surface area contributed by atoms with Crippen LogP contribution >= 0.6 is 7.26 Å². The molecule has 0 amide bonds. The number of hydrogen-bond acceptors (Lipinski definition) is 1. The standard InChI is InChI=1S/C22H19NPSe/c1-18-23-22(17-25-18)24(19-11-5-2-6-12-19,20-13-7-3-8-14-20)21-15-9-4-10-16-21/h2-17H,1H3/q+1. The second kappa shape index (κ2) is 7.10. The van der Waals surface area contributed by atoms with Crippen molar-refractivity contribution in [1.29, 1.82) is 0 Å². The quantitative estimate of drug-likeness (QED) is 0.374. The van der Waals surface area contributed by atoms with Gasteiger partial charge in [-0.05, 0) is 0 Å². The Morgan fingerprint density at radius 3 is 1.36 bits per heavy atom. The van der Waals surface area contributed by atoms with Crippen LogP contribution in [0.1, 0.15) is 4.57 Å². The monoisotopic (exact) mass is 408 g/mol. The number of nitrogens with zero attached hydrogens (tertiary/aromatic N) is 1. The maximum atomic E-state index is 5.05. The van der Waals surface area contributed by atoms with Crippen molar-refractivity contribution in [1.82, 2.24) is 4.98 Å². The van der Waals surface area contributed by atoms with E-state index in [1.54, 1.807) is 0 Å². The van der Waals surface area contributed by atoms with Gasteiger partial charge in [-0.25, -0.2) is 0 Å². The normalized spacial score (nSPS) is 11.4. The molecule has 1 aromatic heterocycles. The molecule has 0 saturated carbocycles. The van der Waals surface area contributed by atoms with Crippen LogP contribution in [0.5, 0.6) is 0 Å². The fourth-order valence-corrected chi connectivity index (χ4v) is 9.74. The molecule has 0 unspecified atom stereocenters. The number of benzene rings is 3. The Morgan fingerprint density at radius 2 is 1.04 bits per heavy atom. The third-order valence-corrected chi connectivity index (χ3v) is 10.5. The first kappa shape index (κ1) is 16.5. The van der Waals surface area contributed by atoms with Gasteiger partial charge in [0.2, 0.25) is 0 Å². The van der Waals surface area contributed by atoms with Crippen LogP contribution in [0.25, 0.3) is 0 Å². The molecule has 3 aromatic carbocycles. The summed E-state index contributed by atoms with van der Waals surface area (Å²) in [4.78, 5) is 7.44. The maximum absolute atomic E-state index is 5.05. The summed E-state index contributed by atoms with van der Waals surface area (Å²) in [5, 5.41) is 4.11. The molecule has 0 fully saturated rings. The minimum absolute atomic E-state index is 0.360. The molecule has 0 atom stereocenters. The van der Waals surface area contributed by atoms with E-state index in [0.29, 0.717) is 14.5 Å². The van der Waals surface area contributed by atoms with Gasteiger partial charge >= 0.3 is 156 Å². The van der Waals surface area contributed by atoms with Crippen LogP contribution in [0, 0.1) is 6.92 Å². The van der Waals surface area contributed by atoms with Crippen molar-refractivity contribution in [3.05, 3.63) is 101 Å². The van der Waals surface area contributed by atoms with Crippen LogP contribution in [-0.4, -0.2) is 19.5 Å². The van der Waals surface area contributed by atoms with Gasteiger partial charge in [-0.15, -0.1) is 0 Å². The van der Waals surface area contributed by atoms with Gasteiger partial charge in [0.15, 0.2) is 0 Å².